The minimum atomic E-state index is -0.653. The summed E-state index contributed by atoms with van der Waals surface area (Å²) >= 11 is 0. The van der Waals surface area contributed by atoms with Crippen LogP contribution in [0.4, 0.5) is 0 Å². The monoisotopic (exact) mass is 582 g/mol. The van der Waals surface area contributed by atoms with Crippen molar-refractivity contribution >= 4 is 47.7 Å². The average molecular weight is 582 g/mol. The third-order valence-electron chi connectivity index (χ3n) is 6.45. The van der Waals surface area contributed by atoms with E-state index >= 15 is 0 Å². The predicted octanol–water partition coefficient (Wildman–Crippen LogP) is 6.89. The van der Waals surface area contributed by atoms with Crippen molar-refractivity contribution in [3.63, 3.8) is 0 Å². The number of aryl methyl sites for hydroxylation is 1. The van der Waals surface area contributed by atoms with Gasteiger partial charge in [-0.25, -0.2) is 6.07 Å². The van der Waals surface area contributed by atoms with Crippen LogP contribution in [0.3, 0.4) is 0 Å². The van der Waals surface area contributed by atoms with Crippen molar-refractivity contribution in [3.05, 3.63) is 169 Å². The first-order valence-electron chi connectivity index (χ1n) is 13.1. The van der Waals surface area contributed by atoms with Crippen LogP contribution >= 0.6 is 15.8 Å². The molecule has 0 heterocycles. The standard InChI is InChI=1S/C31H27P2.C5H5.Fe/c1-2-25-23-24-30(32(26-15-7-3-8-16-26)27-17-9-4-10-18-27)31(25)33(28-19-11-5-12-20-28)29-21-13-6-14-22-29;1-2-4-5-3-1;/h3-24H,2H2,1H3;1-5H;/q-1;-5;. The van der Waals surface area contributed by atoms with Crippen LogP contribution in [-0.4, -0.2) is 0 Å². The van der Waals surface area contributed by atoms with Gasteiger partial charge in [-0.15, -0.1) is 10.9 Å². The molecule has 0 nitrogen and oxygen atoms in total. The Morgan fingerprint density at radius 1 is 0.487 bits per heavy atom. The van der Waals surface area contributed by atoms with Crippen LogP contribution in [0.25, 0.3) is 0 Å². The van der Waals surface area contributed by atoms with Crippen molar-refractivity contribution in [1.29, 1.82) is 0 Å². The Morgan fingerprint density at radius 2 is 0.821 bits per heavy atom. The molecule has 6 rings (SSSR count). The summed E-state index contributed by atoms with van der Waals surface area (Å²) in [4.78, 5) is 0. The molecule has 0 saturated carbocycles. The van der Waals surface area contributed by atoms with Gasteiger partial charge in [0.2, 0.25) is 0 Å². The molecule has 0 spiro atoms. The van der Waals surface area contributed by atoms with Crippen LogP contribution in [0, 0.1) is 0 Å². The van der Waals surface area contributed by atoms with E-state index in [0.717, 1.165) is 6.42 Å². The minimum Gasteiger partial charge on any atom is -0.748 e. The van der Waals surface area contributed by atoms with E-state index in [-0.39, 0.29) is 17.1 Å². The Labute approximate surface area is 246 Å². The van der Waals surface area contributed by atoms with Crippen molar-refractivity contribution in [2.24, 2.45) is 0 Å². The van der Waals surface area contributed by atoms with Gasteiger partial charge in [-0.05, 0) is 29.1 Å². The molecule has 0 fully saturated rings. The molecule has 0 saturated heterocycles. The molecule has 0 radical (unpaired) electrons. The summed E-state index contributed by atoms with van der Waals surface area (Å²) in [6.45, 7) is 2.29. The van der Waals surface area contributed by atoms with E-state index in [0.29, 0.717) is 0 Å². The van der Waals surface area contributed by atoms with Gasteiger partial charge in [-0.3, -0.25) is 0 Å². The van der Waals surface area contributed by atoms with Gasteiger partial charge < -0.3 is 30.3 Å². The minimum absolute atomic E-state index is 0. The smallest absolute Gasteiger partial charge is 0 e. The van der Waals surface area contributed by atoms with Crippen molar-refractivity contribution in [1.82, 2.24) is 0 Å². The molecule has 3 heteroatoms. The second-order valence-corrected chi connectivity index (χ2v) is 13.3. The van der Waals surface area contributed by atoms with E-state index < -0.39 is 15.8 Å². The molecule has 6 aromatic rings. The van der Waals surface area contributed by atoms with Crippen molar-refractivity contribution in [2.45, 2.75) is 13.3 Å². The number of hydrogen-bond donors (Lipinski definition) is 0. The van der Waals surface area contributed by atoms with Crippen molar-refractivity contribution < 1.29 is 17.1 Å². The largest absolute Gasteiger partial charge is 0.748 e. The summed E-state index contributed by atoms with van der Waals surface area (Å²) in [6.07, 6.45) is 1.04. The number of hydrogen-bond acceptors (Lipinski definition) is 0. The van der Waals surface area contributed by atoms with Crippen LogP contribution in [0.5, 0.6) is 0 Å². The molecule has 0 aliphatic heterocycles. The second kappa shape index (κ2) is 14.9. The summed E-state index contributed by atoms with van der Waals surface area (Å²) in [5.41, 5.74) is 1.48. The zero-order valence-electron chi connectivity index (χ0n) is 22.0. The normalized spacial score (nSPS) is 10.5. The second-order valence-electron chi connectivity index (χ2n) is 8.92. The van der Waals surface area contributed by atoms with E-state index in [9.17, 15) is 0 Å². The zero-order valence-corrected chi connectivity index (χ0v) is 24.9. The fourth-order valence-electron chi connectivity index (χ4n) is 4.69. The molecule has 0 bridgehead atoms. The molecule has 0 amide bonds. The van der Waals surface area contributed by atoms with Crippen LogP contribution in [0.2, 0.25) is 0 Å². The summed E-state index contributed by atoms with van der Waals surface area (Å²) in [5, 5.41) is 8.68. The molecular weight excluding hydrogens is 550 g/mol. The molecule has 39 heavy (non-hydrogen) atoms. The van der Waals surface area contributed by atoms with E-state index in [1.807, 2.05) is 30.3 Å². The molecule has 0 atom stereocenters. The average Bonchev–Trinajstić information content (AvgIpc) is 3.71. The van der Waals surface area contributed by atoms with Gasteiger partial charge in [-0.2, -0.15) is 11.4 Å². The van der Waals surface area contributed by atoms with Gasteiger partial charge in [0.05, 0.1) is 0 Å². The van der Waals surface area contributed by atoms with Crippen molar-refractivity contribution in [2.75, 3.05) is 0 Å². The molecule has 0 aliphatic rings. The van der Waals surface area contributed by atoms with E-state index in [2.05, 4.69) is 140 Å². The van der Waals surface area contributed by atoms with E-state index in [1.54, 1.807) is 5.30 Å². The first-order chi connectivity index (χ1) is 18.9. The number of rotatable bonds is 7. The van der Waals surface area contributed by atoms with Gasteiger partial charge in [0.1, 0.15) is 0 Å². The molecule has 0 unspecified atom stereocenters. The molecule has 0 N–H and O–H groups in total. The molecule has 0 aliphatic carbocycles. The van der Waals surface area contributed by atoms with Crippen LogP contribution < -0.4 is 31.8 Å². The SMILES string of the molecule is CC[c-]1ccc(P(c2ccccc2)c2ccccc2)c1P(c1ccccc1)c1ccccc1.[Fe].[cH-]1[cH-][cH-][cH-][cH-]1. The van der Waals surface area contributed by atoms with Gasteiger partial charge in [-0.1, -0.05) is 143 Å². The summed E-state index contributed by atoms with van der Waals surface area (Å²) in [5.74, 6) is 0. The Morgan fingerprint density at radius 3 is 1.15 bits per heavy atom. The van der Waals surface area contributed by atoms with Gasteiger partial charge in [0, 0.05) is 17.1 Å². The third-order valence-corrected chi connectivity index (χ3v) is 11.7. The first-order valence-corrected chi connectivity index (χ1v) is 15.8. The molecule has 0 aromatic heterocycles. The topological polar surface area (TPSA) is 0 Å². The Bertz CT molecular complexity index is 1380. The maximum atomic E-state index is 2.42. The maximum Gasteiger partial charge on any atom is 0 e. The van der Waals surface area contributed by atoms with Gasteiger partial charge >= 0.3 is 0 Å². The summed E-state index contributed by atoms with van der Waals surface area (Å²) < 4.78 is 0. The van der Waals surface area contributed by atoms with Gasteiger partial charge in [0.25, 0.3) is 0 Å². The fraction of sp³-hybridized carbons (Fsp3) is 0.0556. The van der Waals surface area contributed by atoms with E-state index in [4.69, 9.17) is 0 Å². The molecular formula is C36H32FeP2-6. The van der Waals surface area contributed by atoms with Crippen LogP contribution in [0.1, 0.15) is 12.5 Å². The molecule has 6 aromatic carbocycles. The zero-order chi connectivity index (χ0) is 26.0. The van der Waals surface area contributed by atoms with Crippen LogP contribution in [0.15, 0.2) is 164 Å². The van der Waals surface area contributed by atoms with E-state index in [1.165, 1.54) is 32.1 Å². The third kappa shape index (κ3) is 7.13. The quantitative estimate of drug-likeness (QED) is 0.109. The Hall–Kier alpha value is -3.04. The Kier molecular flexibility index (Phi) is 11.1. The van der Waals surface area contributed by atoms with Gasteiger partial charge in [0.15, 0.2) is 0 Å². The van der Waals surface area contributed by atoms with Crippen LogP contribution in [-0.2, 0) is 23.5 Å². The summed E-state index contributed by atoms with van der Waals surface area (Å²) in [7, 11) is -1.30. The summed E-state index contributed by atoms with van der Waals surface area (Å²) in [6, 6.07) is 59.1. The Balaban J connectivity index is 0.000000530. The fourth-order valence-corrected chi connectivity index (χ4v) is 10.2. The molecule has 200 valence electrons. The number of benzene rings is 4. The van der Waals surface area contributed by atoms with Crippen molar-refractivity contribution in [3.8, 4) is 0 Å². The first kappa shape index (κ1) is 29.0. The maximum absolute atomic E-state index is 2.42. The predicted molar refractivity (Wildman–Crippen MR) is 171 cm³/mol.